The van der Waals surface area contributed by atoms with Gasteiger partial charge in [0.2, 0.25) is 0 Å². The van der Waals surface area contributed by atoms with Gasteiger partial charge in [-0.25, -0.2) is 4.98 Å². The van der Waals surface area contributed by atoms with Gasteiger partial charge in [-0.2, -0.15) is 23.5 Å². The quantitative estimate of drug-likeness (QED) is 0.597. The summed E-state index contributed by atoms with van der Waals surface area (Å²) in [6, 6.07) is 5.94. The van der Waals surface area contributed by atoms with E-state index >= 15 is 0 Å². The van der Waals surface area contributed by atoms with E-state index in [2.05, 4.69) is 31.6 Å². The number of carbonyl (C=O) groups is 1. The second kappa shape index (κ2) is 8.35. The van der Waals surface area contributed by atoms with Gasteiger partial charge in [0.05, 0.1) is 34.8 Å². The number of rotatable bonds is 4. The maximum Gasteiger partial charge on any atom is 0.435 e. The van der Waals surface area contributed by atoms with Crippen LogP contribution < -0.4 is 10.2 Å². The monoisotopic (exact) mass is 469 g/mol. The van der Waals surface area contributed by atoms with Crippen LogP contribution in [0.1, 0.15) is 34.2 Å². The minimum absolute atomic E-state index is 0.234. The number of carbonyl (C=O) groups excluding carboxylic acids is 1. The van der Waals surface area contributed by atoms with Crippen LogP contribution in [0.3, 0.4) is 0 Å². The fourth-order valence-electron chi connectivity index (χ4n) is 3.59. The van der Waals surface area contributed by atoms with Gasteiger partial charge < -0.3 is 15.3 Å². The van der Waals surface area contributed by atoms with Crippen molar-refractivity contribution < 1.29 is 23.1 Å². The molecule has 1 aliphatic heterocycles. The second-order valence-electron chi connectivity index (χ2n) is 8.20. The van der Waals surface area contributed by atoms with Crippen molar-refractivity contribution in [2.75, 3.05) is 23.3 Å². The number of aryl methyl sites for hydroxylation is 1. The van der Waals surface area contributed by atoms with Gasteiger partial charge in [-0.15, -0.1) is 5.10 Å². The van der Waals surface area contributed by atoms with Gasteiger partial charge in [-0.1, -0.05) is 0 Å². The first kappa shape index (κ1) is 23.1. The zero-order valence-electron chi connectivity index (χ0n) is 18.1. The van der Waals surface area contributed by atoms with Crippen LogP contribution in [0.2, 0.25) is 0 Å². The molecule has 0 spiro atoms. The number of aromatic nitrogens is 4. The molecule has 1 saturated heterocycles. The Hall–Kier alpha value is -4.11. The summed E-state index contributed by atoms with van der Waals surface area (Å²) >= 11 is 0. The second-order valence-corrected chi connectivity index (χ2v) is 8.20. The van der Waals surface area contributed by atoms with Crippen LogP contribution in [-0.2, 0) is 6.18 Å². The van der Waals surface area contributed by atoms with Gasteiger partial charge in [0, 0.05) is 36.1 Å². The summed E-state index contributed by atoms with van der Waals surface area (Å²) in [5, 5.41) is 28.3. The number of halogens is 3. The molecule has 0 bridgehead atoms. The van der Waals surface area contributed by atoms with Crippen molar-refractivity contribution in [2.45, 2.75) is 25.6 Å². The first-order valence-electron chi connectivity index (χ1n) is 10.0. The Bertz CT molecular complexity index is 1310. The number of alkyl halides is 3. The molecule has 0 radical (unpaired) electrons. The number of hydrogen-bond acceptors (Lipinski definition) is 8. The number of amides is 1. The average molecular weight is 469 g/mol. The topological polar surface area (TPSA) is 128 Å². The summed E-state index contributed by atoms with van der Waals surface area (Å²) in [5.41, 5.74) is -0.137. The average Bonchev–Trinajstić information content (AvgIpc) is 2.77. The highest BCUT2D eigenvalue weighted by Gasteiger charge is 2.38. The van der Waals surface area contributed by atoms with Crippen molar-refractivity contribution in [1.29, 1.82) is 5.26 Å². The Labute approximate surface area is 191 Å². The van der Waals surface area contributed by atoms with E-state index in [-0.39, 0.29) is 11.3 Å². The van der Waals surface area contributed by atoms with Crippen LogP contribution in [-0.4, -0.2) is 49.9 Å². The molecule has 9 nitrogen and oxygen atoms in total. The number of nitriles is 1. The van der Waals surface area contributed by atoms with Crippen LogP contribution in [0.25, 0.3) is 11.1 Å². The molecule has 174 valence electrons. The lowest BCUT2D eigenvalue weighted by Gasteiger charge is -2.45. The predicted octanol–water partition coefficient (Wildman–Crippen LogP) is 2.96. The summed E-state index contributed by atoms with van der Waals surface area (Å²) in [4.78, 5) is 22.9. The molecule has 0 aromatic carbocycles. The first-order valence-corrected chi connectivity index (χ1v) is 10.0. The summed E-state index contributed by atoms with van der Waals surface area (Å²) < 4.78 is 38.6. The molecule has 2 N–H and O–H groups in total. The third-order valence-electron chi connectivity index (χ3n) is 5.21. The molecule has 0 saturated carbocycles. The molecule has 4 heterocycles. The number of hydrogen-bond donors (Lipinski definition) is 2. The molecule has 1 amide bonds. The smallest absolute Gasteiger partial charge is 0.386 e. The van der Waals surface area contributed by atoms with Gasteiger partial charge >= 0.3 is 6.18 Å². The van der Waals surface area contributed by atoms with Crippen molar-refractivity contribution in [3.8, 4) is 17.2 Å². The van der Waals surface area contributed by atoms with E-state index in [0.717, 1.165) is 6.20 Å². The fraction of sp³-hybridized carbons (Fsp3) is 0.273. The van der Waals surface area contributed by atoms with E-state index in [0.29, 0.717) is 47.4 Å². The van der Waals surface area contributed by atoms with Crippen molar-refractivity contribution in [2.24, 2.45) is 0 Å². The zero-order valence-corrected chi connectivity index (χ0v) is 18.1. The molecule has 34 heavy (non-hydrogen) atoms. The third kappa shape index (κ3) is 4.65. The van der Waals surface area contributed by atoms with Gasteiger partial charge in [0.15, 0.2) is 5.69 Å². The largest absolute Gasteiger partial charge is 0.435 e. The highest BCUT2D eigenvalue weighted by Crippen LogP contribution is 2.32. The maximum absolute atomic E-state index is 12.9. The summed E-state index contributed by atoms with van der Waals surface area (Å²) in [7, 11) is 0. The minimum Gasteiger partial charge on any atom is -0.386 e. The number of anilines is 2. The van der Waals surface area contributed by atoms with Crippen molar-refractivity contribution in [3.05, 3.63) is 59.3 Å². The van der Waals surface area contributed by atoms with E-state index in [1.54, 1.807) is 37.1 Å². The Morgan fingerprint density at radius 1 is 1.21 bits per heavy atom. The molecule has 4 rings (SSSR count). The lowest BCUT2D eigenvalue weighted by Crippen LogP contribution is -2.60. The van der Waals surface area contributed by atoms with Crippen LogP contribution in [0, 0.1) is 18.3 Å². The normalized spacial score (nSPS) is 14.8. The van der Waals surface area contributed by atoms with Gasteiger partial charge in [0.1, 0.15) is 11.9 Å². The molecule has 3 aromatic heterocycles. The van der Waals surface area contributed by atoms with Crippen LogP contribution in [0.5, 0.6) is 0 Å². The summed E-state index contributed by atoms with van der Waals surface area (Å²) in [6.45, 7) is 4.15. The molecule has 1 aliphatic rings. The molecule has 0 unspecified atom stereocenters. The van der Waals surface area contributed by atoms with E-state index < -0.39 is 23.4 Å². The maximum atomic E-state index is 12.9. The number of pyridine rings is 2. The number of β-amino-alcohol motifs (C(OH)–C–C–N with tert-alkyl or cyclic N) is 1. The van der Waals surface area contributed by atoms with Crippen LogP contribution in [0.15, 0.2) is 36.8 Å². The highest BCUT2D eigenvalue weighted by molar-refractivity contribution is 6.04. The molecule has 0 atom stereocenters. The standard InChI is InChI=1S/C22H18F3N7O2/c1-12-17(14-3-13(6-26)19(28-7-14)32-10-21(2,34)11-32)5-16(9-27-12)30-20(33)15-4-18(22(23,24)25)31-29-8-15/h3-5,7-9,34H,10-11H2,1-2H3,(H,30,33). The summed E-state index contributed by atoms with van der Waals surface area (Å²) in [6.07, 6.45) is -0.875. The molecule has 12 heteroatoms. The lowest BCUT2D eigenvalue weighted by atomic mass is 9.96. The van der Waals surface area contributed by atoms with Gasteiger partial charge in [-0.05, 0) is 32.0 Å². The Morgan fingerprint density at radius 2 is 1.94 bits per heavy atom. The van der Waals surface area contributed by atoms with Gasteiger partial charge in [0.25, 0.3) is 5.91 Å². The zero-order chi connectivity index (χ0) is 24.7. The number of nitrogens with one attached hydrogen (secondary N) is 1. The molecule has 1 fully saturated rings. The van der Waals surface area contributed by atoms with E-state index in [9.17, 15) is 28.3 Å². The number of nitrogens with zero attached hydrogens (tertiary/aromatic N) is 6. The molecule has 0 aliphatic carbocycles. The van der Waals surface area contributed by atoms with Crippen LogP contribution in [0.4, 0.5) is 24.7 Å². The van der Waals surface area contributed by atoms with Gasteiger partial charge in [-0.3, -0.25) is 9.78 Å². The Kier molecular flexibility index (Phi) is 5.66. The molecular weight excluding hydrogens is 451 g/mol. The summed E-state index contributed by atoms with van der Waals surface area (Å²) in [5.74, 6) is -0.355. The fourth-order valence-corrected chi connectivity index (χ4v) is 3.59. The molecular formula is C22H18F3N7O2. The van der Waals surface area contributed by atoms with Crippen molar-refractivity contribution >= 4 is 17.4 Å². The third-order valence-corrected chi connectivity index (χ3v) is 5.21. The minimum atomic E-state index is -4.73. The van der Waals surface area contributed by atoms with E-state index in [1.165, 1.54) is 6.20 Å². The van der Waals surface area contributed by atoms with Crippen molar-refractivity contribution in [1.82, 2.24) is 20.2 Å². The van der Waals surface area contributed by atoms with E-state index in [4.69, 9.17) is 0 Å². The first-order chi connectivity index (χ1) is 16.0. The predicted molar refractivity (Wildman–Crippen MR) is 115 cm³/mol. The van der Waals surface area contributed by atoms with E-state index in [1.807, 2.05) is 0 Å². The number of aliphatic hydroxyl groups is 1. The Balaban J connectivity index is 1.59. The SMILES string of the molecule is Cc1ncc(NC(=O)c2cnnc(C(F)(F)F)c2)cc1-c1cnc(N2CC(C)(O)C2)c(C#N)c1. The van der Waals surface area contributed by atoms with Crippen molar-refractivity contribution in [3.63, 3.8) is 0 Å². The van der Waals surface area contributed by atoms with Crippen LogP contribution >= 0.6 is 0 Å². The Morgan fingerprint density at radius 3 is 2.59 bits per heavy atom. The highest BCUT2D eigenvalue weighted by atomic mass is 19.4. The molecule has 3 aromatic rings. The lowest BCUT2D eigenvalue weighted by molar-refractivity contribution is -0.141.